The largest absolute Gasteiger partial charge is 0.481 e. The maximum Gasteiger partial charge on any atom is 0.265 e. The molecule has 0 spiro atoms. The third kappa shape index (κ3) is 6.67. The maximum absolute atomic E-state index is 12.5. The zero-order valence-electron chi connectivity index (χ0n) is 17.3. The van der Waals surface area contributed by atoms with Crippen LogP contribution in [0.4, 0.5) is 5.69 Å². The fourth-order valence-electron chi connectivity index (χ4n) is 2.98. The number of nitrogens with one attached hydrogen (secondary N) is 2. The first-order valence-corrected chi connectivity index (χ1v) is 11.6. The van der Waals surface area contributed by atoms with Crippen molar-refractivity contribution < 1.29 is 17.9 Å². The zero-order chi connectivity index (χ0) is 22.1. The number of sulfonamides is 1. The molecule has 0 unspecified atom stereocenters. The SMILES string of the molecule is CC[C@@H](Oc1ccccc1)C(=O)Nc1ccc(S(=O)(=O)NCCc2ccccc2)cc1. The van der Waals surface area contributed by atoms with Gasteiger partial charge in [-0.1, -0.05) is 55.5 Å². The van der Waals surface area contributed by atoms with Gasteiger partial charge in [-0.15, -0.1) is 0 Å². The van der Waals surface area contributed by atoms with Crippen molar-refractivity contribution in [1.82, 2.24) is 4.72 Å². The molecule has 0 bridgehead atoms. The minimum absolute atomic E-state index is 0.145. The second kappa shape index (κ2) is 10.7. The van der Waals surface area contributed by atoms with E-state index in [1.807, 2.05) is 55.5 Å². The van der Waals surface area contributed by atoms with Crippen molar-refractivity contribution in [3.63, 3.8) is 0 Å². The van der Waals surface area contributed by atoms with Crippen molar-refractivity contribution in [1.29, 1.82) is 0 Å². The summed E-state index contributed by atoms with van der Waals surface area (Å²) in [5, 5.41) is 2.78. The highest BCUT2D eigenvalue weighted by atomic mass is 32.2. The van der Waals surface area contributed by atoms with Gasteiger partial charge in [0.2, 0.25) is 10.0 Å². The fraction of sp³-hybridized carbons (Fsp3) is 0.208. The highest BCUT2D eigenvalue weighted by molar-refractivity contribution is 7.89. The van der Waals surface area contributed by atoms with Crippen molar-refractivity contribution in [2.75, 3.05) is 11.9 Å². The van der Waals surface area contributed by atoms with Gasteiger partial charge in [-0.25, -0.2) is 13.1 Å². The van der Waals surface area contributed by atoms with E-state index in [4.69, 9.17) is 4.74 Å². The number of ether oxygens (including phenoxy) is 1. The molecule has 162 valence electrons. The first kappa shape index (κ1) is 22.5. The molecule has 1 amide bonds. The Morgan fingerprint density at radius 2 is 1.52 bits per heavy atom. The number of amides is 1. The van der Waals surface area contributed by atoms with Gasteiger partial charge in [-0.3, -0.25) is 4.79 Å². The molecule has 0 heterocycles. The lowest BCUT2D eigenvalue weighted by atomic mass is 10.2. The van der Waals surface area contributed by atoms with E-state index in [0.29, 0.717) is 30.8 Å². The summed E-state index contributed by atoms with van der Waals surface area (Å²) in [6.07, 6.45) is 0.456. The summed E-state index contributed by atoms with van der Waals surface area (Å²) in [5.41, 5.74) is 1.56. The van der Waals surface area contributed by atoms with E-state index in [2.05, 4.69) is 10.0 Å². The normalized spacial score (nSPS) is 12.2. The van der Waals surface area contributed by atoms with Crippen LogP contribution >= 0.6 is 0 Å². The van der Waals surface area contributed by atoms with Crippen LogP contribution in [0, 0.1) is 0 Å². The molecule has 31 heavy (non-hydrogen) atoms. The number of hydrogen-bond acceptors (Lipinski definition) is 4. The molecular weight excluding hydrogens is 412 g/mol. The van der Waals surface area contributed by atoms with E-state index in [1.54, 1.807) is 24.3 Å². The number of hydrogen-bond donors (Lipinski definition) is 2. The minimum Gasteiger partial charge on any atom is -0.481 e. The number of benzene rings is 3. The molecule has 1 atom stereocenters. The van der Waals surface area contributed by atoms with Crippen molar-refractivity contribution in [2.45, 2.75) is 30.8 Å². The van der Waals surface area contributed by atoms with E-state index >= 15 is 0 Å². The molecule has 7 heteroatoms. The van der Waals surface area contributed by atoms with Crippen LogP contribution in [0.15, 0.2) is 89.8 Å². The van der Waals surface area contributed by atoms with Crippen LogP contribution in [-0.4, -0.2) is 27.0 Å². The Balaban J connectivity index is 1.56. The molecule has 0 saturated heterocycles. The van der Waals surface area contributed by atoms with Crippen LogP contribution in [0.25, 0.3) is 0 Å². The predicted octanol–water partition coefficient (Wildman–Crippen LogP) is 4.00. The molecule has 2 N–H and O–H groups in total. The van der Waals surface area contributed by atoms with Crippen LogP contribution in [-0.2, 0) is 21.2 Å². The van der Waals surface area contributed by atoms with E-state index in [1.165, 1.54) is 12.1 Å². The third-order valence-corrected chi connectivity index (χ3v) is 6.14. The topological polar surface area (TPSA) is 84.5 Å². The van der Waals surface area contributed by atoms with Crippen molar-refractivity contribution in [3.8, 4) is 5.75 Å². The number of rotatable bonds is 10. The van der Waals surface area contributed by atoms with Crippen molar-refractivity contribution in [2.24, 2.45) is 0 Å². The predicted molar refractivity (Wildman–Crippen MR) is 122 cm³/mol. The van der Waals surface area contributed by atoms with Crippen LogP contribution in [0.3, 0.4) is 0 Å². The highest BCUT2D eigenvalue weighted by Crippen LogP contribution is 2.17. The first-order chi connectivity index (χ1) is 15.0. The molecule has 0 fully saturated rings. The number of carbonyl (C=O) groups excluding carboxylic acids is 1. The van der Waals surface area contributed by atoms with Crippen LogP contribution in [0.5, 0.6) is 5.75 Å². The lowest BCUT2D eigenvalue weighted by Gasteiger charge is -2.17. The van der Waals surface area contributed by atoms with Gasteiger partial charge in [-0.05, 0) is 54.8 Å². The molecule has 0 aliphatic rings. The van der Waals surface area contributed by atoms with Gasteiger partial charge in [0, 0.05) is 12.2 Å². The Labute approximate surface area is 183 Å². The Hall–Kier alpha value is -3.16. The molecule has 0 saturated carbocycles. The number of anilines is 1. The Bertz CT molecular complexity index is 1070. The second-order valence-electron chi connectivity index (χ2n) is 6.97. The van der Waals surface area contributed by atoms with E-state index in [0.717, 1.165) is 5.56 Å². The molecule has 0 aromatic heterocycles. The van der Waals surface area contributed by atoms with E-state index in [-0.39, 0.29) is 10.8 Å². The quantitative estimate of drug-likeness (QED) is 0.501. The van der Waals surface area contributed by atoms with Crippen LogP contribution < -0.4 is 14.8 Å². The molecule has 0 aliphatic heterocycles. The fourth-order valence-corrected chi connectivity index (χ4v) is 4.02. The molecule has 3 aromatic carbocycles. The molecule has 3 aromatic rings. The zero-order valence-corrected chi connectivity index (χ0v) is 18.1. The van der Waals surface area contributed by atoms with Gasteiger partial charge in [0.1, 0.15) is 5.75 Å². The molecule has 3 rings (SSSR count). The maximum atomic E-state index is 12.5. The smallest absolute Gasteiger partial charge is 0.265 e. The summed E-state index contributed by atoms with van der Waals surface area (Å²) >= 11 is 0. The van der Waals surface area contributed by atoms with Crippen LogP contribution in [0.2, 0.25) is 0 Å². The highest BCUT2D eigenvalue weighted by Gasteiger charge is 2.19. The molecular formula is C24H26N2O4S. The molecule has 0 radical (unpaired) electrons. The van der Waals surface area contributed by atoms with Gasteiger partial charge < -0.3 is 10.1 Å². The molecule has 6 nitrogen and oxygen atoms in total. The van der Waals surface area contributed by atoms with Gasteiger partial charge in [0.25, 0.3) is 5.91 Å². The van der Waals surface area contributed by atoms with Crippen molar-refractivity contribution in [3.05, 3.63) is 90.5 Å². The average Bonchev–Trinajstić information content (AvgIpc) is 2.79. The summed E-state index contributed by atoms with van der Waals surface area (Å²) in [7, 11) is -3.62. The second-order valence-corrected chi connectivity index (χ2v) is 8.74. The Morgan fingerprint density at radius 3 is 2.13 bits per heavy atom. The average molecular weight is 439 g/mol. The summed E-state index contributed by atoms with van der Waals surface area (Å²) in [4.78, 5) is 12.7. The third-order valence-electron chi connectivity index (χ3n) is 4.67. The van der Waals surface area contributed by atoms with Gasteiger partial charge in [-0.2, -0.15) is 0 Å². The van der Waals surface area contributed by atoms with E-state index < -0.39 is 16.1 Å². The van der Waals surface area contributed by atoms with Gasteiger partial charge in [0.15, 0.2) is 6.10 Å². The summed E-state index contributed by atoms with van der Waals surface area (Å²) in [6.45, 7) is 2.17. The van der Waals surface area contributed by atoms with Gasteiger partial charge >= 0.3 is 0 Å². The minimum atomic E-state index is -3.62. The number of para-hydroxylation sites is 1. The van der Waals surface area contributed by atoms with Crippen molar-refractivity contribution >= 4 is 21.6 Å². The summed E-state index contributed by atoms with van der Waals surface area (Å²) in [6, 6.07) is 24.9. The van der Waals surface area contributed by atoms with Crippen LogP contribution in [0.1, 0.15) is 18.9 Å². The Morgan fingerprint density at radius 1 is 0.903 bits per heavy atom. The monoisotopic (exact) mass is 438 g/mol. The Kier molecular flexibility index (Phi) is 7.81. The lowest BCUT2D eigenvalue weighted by Crippen LogP contribution is -2.32. The van der Waals surface area contributed by atoms with Gasteiger partial charge in [0.05, 0.1) is 4.90 Å². The summed E-state index contributed by atoms with van der Waals surface area (Å²) < 4.78 is 33.3. The van der Waals surface area contributed by atoms with E-state index in [9.17, 15) is 13.2 Å². The summed E-state index contributed by atoms with van der Waals surface area (Å²) in [5.74, 6) is 0.329. The lowest BCUT2D eigenvalue weighted by molar-refractivity contribution is -0.122. The number of carbonyl (C=O) groups is 1. The first-order valence-electron chi connectivity index (χ1n) is 10.1. The molecule has 0 aliphatic carbocycles. The standard InChI is InChI=1S/C24H26N2O4S/c1-2-23(30-21-11-7-4-8-12-21)24(27)26-20-13-15-22(16-14-20)31(28,29)25-18-17-19-9-5-3-6-10-19/h3-16,23,25H,2,17-18H2,1H3,(H,26,27)/t23-/m1/s1.